The largest absolute Gasteiger partial charge is 0.416 e. The van der Waals surface area contributed by atoms with Crippen LogP contribution in [0.2, 0.25) is 0 Å². The van der Waals surface area contributed by atoms with Crippen LogP contribution in [0.5, 0.6) is 0 Å². The van der Waals surface area contributed by atoms with E-state index in [0.717, 1.165) is 42.8 Å². The molecule has 0 spiro atoms. The second kappa shape index (κ2) is 5.50. The highest BCUT2D eigenvalue weighted by Crippen LogP contribution is 2.35. The molecule has 112 valence electrons. The number of nitrogens with zero attached hydrogens (tertiary/aromatic N) is 1. The van der Waals surface area contributed by atoms with Gasteiger partial charge in [0.1, 0.15) is 0 Å². The van der Waals surface area contributed by atoms with Crippen LogP contribution in [-0.2, 0) is 17.5 Å². The van der Waals surface area contributed by atoms with Crippen LogP contribution in [-0.4, -0.2) is 28.4 Å². The number of thioether (sulfide) groups is 1. The van der Waals surface area contributed by atoms with Crippen molar-refractivity contribution in [1.29, 1.82) is 0 Å². The molecule has 0 bridgehead atoms. The Bertz CT molecular complexity index is 580. The summed E-state index contributed by atoms with van der Waals surface area (Å²) in [6, 6.07) is 5.29. The zero-order valence-corrected chi connectivity index (χ0v) is 12.0. The zero-order valence-electron chi connectivity index (χ0n) is 11.2. The third kappa shape index (κ3) is 3.32. The number of carbonyl (C=O) groups is 1. The SMILES string of the molecule is O=C1C=C2CN(Cc3ccc(C(F)(F)F)cc3)CCC2S1. The van der Waals surface area contributed by atoms with Gasteiger partial charge >= 0.3 is 6.18 Å². The average molecular weight is 313 g/mol. The summed E-state index contributed by atoms with van der Waals surface area (Å²) < 4.78 is 37.5. The highest BCUT2D eigenvalue weighted by molar-refractivity contribution is 8.15. The summed E-state index contributed by atoms with van der Waals surface area (Å²) in [6.07, 6.45) is -1.67. The molecule has 1 unspecified atom stereocenters. The molecule has 2 aliphatic heterocycles. The smallest absolute Gasteiger partial charge is 0.295 e. The molecule has 0 aliphatic carbocycles. The maximum atomic E-state index is 12.5. The van der Waals surface area contributed by atoms with Gasteiger partial charge in [-0.3, -0.25) is 9.69 Å². The molecular formula is C15H14F3NOS. The number of fused-ring (bicyclic) bond motifs is 1. The number of alkyl halides is 3. The van der Waals surface area contributed by atoms with E-state index in [0.29, 0.717) is 11.8 Å². The van der Waals surface area contributed by atoms with Gasteiger partial charge in [-0.25, -0.2) is 0 Å². The van der Waals surface area contributed by atoms with Crippen LogP contribution in [0, 0.1) is 0 Å². The van der Waals surface area contributed by atoms with Gasteiger partial charge in [-0.15, -0.1) is 0 Å². The molecule has 0 aromatic heterocycles. The molecule has 2 aliphatic rings. The lowest BCUT2D eigenvalue weighted by molar-refractivity contribution is -0.137. The lowest BCUT2D eigenvalue weighted by atomic mass is 10.0. The highest BCUT2D eigenvalue weighted by Gasteiger charge is 2.32. The lowest BCUT2D eigenvalue weighted by Crippen LogP contribution is -2.35. The molecule has 3 rings (SSSR count). The van der Waals surface area contributed by atoms with E-state index in [2.05, 4.69) is 4.90 Å². The minimum atomic E-state index is -4.29. The van der Waals surface area contributed by atoms with Gasteiger partial charge in [-0.1, -0.05) is 23.9 Å². The Balaban J connectivity index is 1.65. The van der Waals surface area contributed by atoms with Gasteiger partial charge in [0.2, 0.25) is 5.12 Å². The summed E-state index contributed by atoms with van der Waals surface area (Å²) in [6.45, 7) is 2.20. The van der Waals surface area contributed by atoms with E-state index in [-0.39, 0.29) is 5.12 Å². The third-order valence-electron chi connectivity index (χ3n) is 3.78. The van der Waals surface area contributed by atoms with E-state index in [1.54, 1.807) is 6.08 Å². The Kier molecular flexibility index (Phi) is 3.84. The fourth-order valence-corrected chi connectivity index (χ4v) is 3.73. The first-order valence-corrected chi connectivity index (χ1v) is 7.59. The van der Waals surface area contributed by atoms with Crippen molar-refractivity contribution in [2.75, 3.05) is 13.1 Å². The molecule has 1 atom stereocenters. The molecule has 0 saturated carbocycles. The quantitative estimate of drug-likeness (QED) is 0.834. The molecule has 0 N–H and O–H groups in total. The first-order valence-electron chi connectivity index (χ1n) is 6.71. The molecule has 0 amide bonds. The predicted octanol–water partition coefficient (Wildman–Crippen LogP) is 3.48. The second-order valence-electron chi connectivity index (χ2n) is 5.34. The Morgan fingerprint density at radius 2 is 1.95 bits per heavy atom. The topological polar surface area (TPSA) is 20.3 Å². The molecule has 21 heavy (non-hydrogen) atoms. The number of hydrogen-bond donors (Lipinski definition) is 0. The van der Waals surface area contributed by atoms with Gasteiger partial charge < -0.3 is 0 Å². The van der Waals surface area contributed by atoms with Crippen molar-refractivity contribution in [2.24, 2.45) is 0 Å². The zero-order chi connectivity index (χ0) is 15.0. The van der Waals surface area contributed by atoms with Gasteiger partial charge in [0.25, 0.3) is 0 Å². The van der Waals surface area contributed by atoms with Crippen LogP contribution in [0.25, 0.3) is 0 Å². The van der Waals surface area contributed by atoms with Crippen LogP contribution >= 0.6 is 11.8 Å². The Labute approximate surface area is 125 Å². The second-order valence-corrected chi connectivity index (χ2v) is 6.55. The van der Waals surface area contributed by atoms with Gasteiger partial charge in [0, 0.05) is 24.9 Å². The van der Waals surface area contributed by atoms with Gasteiger partial charge in [0.05, 0.1) is 5.56 Å². The van der Waals surface area contributed by atoms with Crippen molar-refractivity contribution in [1.82, 2.24) is 4.90 Å². The molecule has 1 aromatic rings. The maximum Gasteiger partial charge on any atom is 0.416 e. The van der Waals surface area contributed by atoms with Crippen molar-refractivity contribution in [2.45, 2.75) is 24.4 Å². The average Bonchev–Trinajstić information content (AvgIpc) is 2.78. The molecule has 0 radical (unpaired) electrons. The van der Waals surface area contributed by atoms with Crippen molar-refractivity contribution in [3.63, 3.8) is 0 Å². The van der Waals surface area contributed by atoms with Gasteiger partial charge in [0.15, 0.2) is 0 Å². The van der Waals surface area contributed by atoms with Crippen molar-refractivity contribution < 1.29 is 18.0 Å². The van der Waals surface area contributed by atoms with Crippen LogP contribution in [0.15, 0.2) is 35.9 Å². The summed E-state index contributed by atoms with van der Waals surface area (Å²) in [5.41, 5.74) is 1.38. The number of benzene rings is 1. The molecule has 6 heteroatoms. The first kappa shape index (κ1) is 14.7. The molecule has 1 fully saturated rings. The van der Waals surface area contributed by atoms with E-state index >= 15 is 0 Å². The van der Waals surface area contributed by atoms with Crippen LogP contribution in [0.1, 0.15) is 17.5 Å². The van der Waals surface area contributed by atoms with E-state index in [4.69, 9.17) is 0 Å². The summed E-state index contributed by atoms with van der Waals surface area (Å²) in [5, 5.41) is 0.424. The molecule has 1 saturated heterocycles. The fourth-order valence-electron chi connectivity index (χ4n) is 2.72. The highest BCUT2D eigenvalue weighted by atomic mass is 32.2. The predicted molar refractivity (Wildman–Crippen MR) is 75.8 cm³/mol. The van der Waals surface area contributed by atoms with Crippen LogP contribution in [0.4, 0.5) is 13.2 Å². The number of likely N-dealkylation sites (tertiary alicyclic amines) is 1. The summed E-state index contributed by atoms with van der Waals surface area (Å²) in [7, 11) is 0. The molecule has 1 aromatic carbocycles. The normalized spacial score (nSPS) is 23.1. The number of halogens is 3. The van der Waals surface area contributed by atoms with Gasteiger partial charge in [-0.2, -0.15) is 13.2 Å². The minimum Gasteiger partial charge on any atom is -0.295 e. The maximum absolute atomic E-state index is 12.5. The number of carbonyl (C=O) groups excluding carboxylic acids is 1. The van der Waals surface area contributed by atoms with Crippen molar-refractivity contribution in [3.8, 4) is 0 Å². The van der Waals surface area contributed by atoms with E-state index < -0.39 is 11.7 Å². The van der Waals surface area contributed by atoms with E-state index in [1.807, 2.05) is 0 Å². The Morgan fingerprint density at radius 1 is 1.24 bits per heavy atom. The number of piperidine rings is 1. The fraction of sp³-hybridized carbons (Fsp3) is 0.400. The molecule has 2 nitrogen and oxygen atoms in total. The number of hydrogen-bond acceptors (Lipinski definition) is 3. The number of rotatable bonds is 2. The Hall–Kier alpha value is -1.27. The van der Waals surface area contributed by atoms with Gasteiger partial charge in [-0.05, 0) is 35.8 Å². The van der Waals surface area contributed by atoms with Crippen LogP contribution < -0.4 is 0 Å². The lowest BCUT2D eigenvalue weighted by Gasteiger charge is -2.31. The Morgan fingerprint density at radius 3 is 2.62 bits per heavy atom. The molecular weight excluding hydrogens is 299 g/mol. The standard InChI is InChI=1S/C15H14F3NOS/c16-15(17,18)12-3-1-10(2-4-12)8-19-6-5-13-11(9-19)7-14(20)21-13/h1-4,7,13H,5-6,8-9H2. The summed E-state index contributed by atoms with van der Waals surface area (Å²) in [5.74, 6) is 0. The van der Waals surface area contributed by atoms with Crippen molar-refractivity contribution in [3.05, 3.63) is 47.0 Å². The summed E-state index contributed by atoms with van der Waals surface area (Å²) in [4.78, 5) is 13.5. The monoisotopic (exact) mass is 313 g/mol. The molecule has 2 heterocycles. The third-order valence-corrected chi connectivity index (χ3v) is 4.95. The van der Waals surface area contributed by atoms with E-state index in [9.17, 15) is 18.0 Å². The van der Waals surface area contributed by atoms with E-state index in [1.165, 1.54) is 23.9 Å². The first-order chi connectivity index (χ1) is 9.91. The summed E-state index contributed by atoms with van der Waals surface area (Å²) >= 11 is 1.38. The minimum absolute atomic E-state index is 0.117. The van der Waals surface area contributed by atoms with Crippen molar-refractivity contribution >= 4 is 16.9 Å². The van der Waals surface area contributed by atoms with Crippen LogP contribution in [0.3, 0.4) is 0 Å².